The van der Waals surface area contributed by atoms with Gasteiger partial charge >= 0.3 is 11.2 Å². The summed E-state index contributed by atoms with van der Waals surface area (Å²) in [5, 5.41) is 11.6. The Bertz CT molecular complexity index is 842. The Labute approximate surface area is 145 Å². The molecule has 0 saturated carbocycles. The highest BCUT2D eigenvalue weighted by atomic mass is 16.6. The van der Waals surface area contributed by atoms with Crippen molar-refractivity contribution in [3.8, 4) is 0 Å². The van der Waals surface area contributed by atoms with Crippen LogP contribution >= 0.6 is 0 Å². The minimum absolute atomic E-state index is 0.0606. The lowest BCUT2D eigenvalue weighted by atomic mass is 9.90. The summed E-state index contributed by atoms with van der Waals surface area (Å²) in [7, 11) is 3.89. The van der Waals surface area contributed by atoms with Crippen LogP contribution in [0.1, 0.15) is 19.8 Å². The average molecular weight is 345 g/mol. The summed E-state index contributed by atoms with van der Waals surface area (Å²) in [5.41, 5.74) is -0.700. The second-order valence-electron chi connectivity index (χ2n) is 6.77. The van der Waals surface area contributed by atoms with E-state index < -0.39 is 16.2 Å². The van der Waals surface area contributed by atoms with E-state index in [0.717, 1.165) is 25.9 Å². The molecule has 3 heterocycles. The molecule has 1 aliphatic heterocycles. The van der Waals surface area contributed by atoms with E-state index in [4.69, 9.17) is 0 Å². The van der Waals surface area contributed by atoms with E-state index in [1.54, 1.807) is 30.1 Å². The Hall–Kier alpha value is -2.48. The fraction of sp³-hybridized carbons (Fsp3) is 0.529. The van der Waals surface area contributed by atoms with Crippen molar-refractivity contribution in [3.63, 3.8) is 0 Å². The van der Waals surface area contributed by atoms with Gasteiger partial charge in [0.1, 0.15) is 5.65 Å². The summed E-state index contributed by atoms with van der Waals surface area (Å²) in [4.78, 5) is 32.0. The fourth-order valence-corrected chi connectivity index (χ4v) is 3.49. The number of likely N-dealkylation sites (tertiary alicyclic amines) is 1. The van der Waals surface area contributed by atoms with Gasteiger partial charge in [-0.05, 0) is 58.0 Å². The van der Waals surface area contributed by atoms with E-state index in [0.29, 0.717) is 11.6 Å². The van der Waals surface area contributed by atoms with Crippen LogP contribution in [-0.2, 0) is 0 Å². The van der Waals surface area contributed by atoms with Crippen LogP contribution in [0.3, 0.4) is 0 Å². The van der Waals surface area contributed by atoms with Gasteiger partial charge in [0, 0.05) is 19.3 Å². The highest BCUT2D eigenvalue weighted by Crippen LogP contribution is 2.29. The van der Waals surface area contributed by atoms with Crippen LogP contribution in [0.15, 0.2) is 29.2 Å². The smallest absolute Gasteiger partial charge is 0.351 e. The number of anilines is 1. The molecule has 134 valence electrons. The average Bonchev–Trinajstić information content (AvgIpc) is 2.60. The van der Waals surface area contributed by atoms with E-state index in [9.17, 15) is 14.9 Å². The molecule has 0 aliphatic carbocycles. The monoisotopic (exact) mass is 345 g/mol. The van der Waals surface area contributed by atoms with Gasteiger partial charge in [0.15, 0.2) is 0 Å². The Morgan fingerprint density at radius 3 is 2.68 bits per heavy atom. The first-order chi connectivity index (χ1) is 11.9. The molecule has 8 heteroatoms. The number of fused-ring (bicyclic) bond motifs is 1. The van der Waals surface area contributed by atoms with Gasteiger partial charge < -0.3 is 9.80 Å². The summed E-state index contributed by atoms with van der Waals surface area (Å²) >= 11 is 0. The van der Waals surface area contributed by atoms with Crippen LogP contribution in [0.5, 0.6) is 0 Å². The number of nitro groups is 1. The second-order valence-corrected chi connectivity index (χ2v) is 6.77. The third-order valence-corrected chi connectivity index (χ3v) is 5.27. The van der Waals surface area contributed by atoms with Gasteiger partial charge in [-0.2, -0.15) is 0 Å². The molecule has 1 atom stereocenters. The summed E-state index contributed by atoms with van der Waals surface area (Å²) in [5.74, 6) is 0.560. The SMILES string of the molecule is C[C@H](C1CCN(C)CC1)N(C)c1nc2ccccn2c(=O)c1[N+](=O)[O-]. The summed E-state index contributed by atoms with van der Waals surface area (Å²) in [6, 6.07) is 5.16. The van der Waals surface area contributed by atoms with Crippen LogP contribution in [0.2, 0.25) is 0 Å². The zero-order valence-corrected chi connectivity index (χ0v) is 14.8. The molecule has 0 unspecified atom stereocenters. The van der Waals surface area contributed by atoms with E-state index in [-0.39, 0.29) is 11.9 Å². The lowest BCUT2D eigenvalue weighted by Gasteiger charge is -2.37. The Morgan fingerprint density at radius 1 is 1.36 bits per heavy atom. The molecule has 2 aromatic rings. The van der Waals surface area contributed by atoms with Gasteiger partial charge in [0.2, 0.25) is 5.82 Å². The molecule has 1 saturated heterocycles. The van der Waals surface area contributed by atoms with Crippen molar-refractivity contribution in [2.24, 2.45) is 5.92 Å². The Morgan fingerprint density at radius 2 is 2.04 bits per heavy atom. The number of nitrogens with zero attached hydrogens (tertiary/aromatic N) is 5. The largest absolute Gasteiger partial charge is 0.376 e. The summed E-state index contributed by atoms with van der Waals surface area (Å²) in [6.07, 6.45) is 3.56. The highest BCUT2D eigenvalue weighted by Gasteiger charge is 2.32. The molecule has 8 nitrogen and oxygen atoms in total. The normalized spacial score (nSPS) is 17.6. The lowest BCUT2D eigenvalue weighted by Crippen LogP contribution is -2.42. The van der Waals surface area contributed by atoms with E-state index >= 15 is 0 Å². The Balaban J connectivity index is 2.03. The maximum absolute atomic E-state index is 12.6. The first-order valence-corrected chi connectivity index (χ1v) is 8.47. The lowest BCUT2D eigenvalue weighted by molar-refractivity contribution is -0.385. The number of aromatic nitrogens is 2. The van der Waals surface area contributed by atoms with Crippen LogP contribution < -0.4 is 10.5 Å². The van der Waals surface area contributed by atoms with Crippen molar-refractivity contribution >= 4 is 17.2 Å². The molecule has 1 fully saturated rings. The molecule has 0 N–H and O–H groups in total. The van der Waals surface area contributed by atoms with Gasteiger partial charge in [0.25, 0.3) is 0 Å². The molecule has 1 aliphatic rings. The zero-order valence-electron chi connectivity index (χ0n) is 14.8. The third kappa shape index (κ3) is 3.21. The molecule has 2 aromatic heterocycles. The molecule has 0 aromatic carbocycles. The molecule has 25 heavy (non-hydrogen) atoms. The van der Waals surface area contributed by atoms with Crippen LogP contribution in [0.25, 0.3) is 5.65 Å². The summed E-state index contributed by atoms with van der Waals surface area (Å²) < 4.78 is 1.22. The standard InChI is InChI=1S/C17H23N5O3/c1-12(13-7-10-19(2)11-8-13)20(3)16-15(22(24)25)17(23)21-9-5-4-6-14(21)18-16/h4-6,9,12-13H,7-8,10-11H2,1-3H3/t12-/m1/s1. The van der Waals surface area contributed by atoms with Crippen LogP contribution in [0.4, 0.5) is 11.5 Å². The van der Waals surface area contributed by atoms with Gasteiger partial charge in [0.05, 0.1) is 4.92 Å². The topological polar surface area (TPSA) is 84.0 Å². The second kappa shape index (κ2) is 6.79. The van der Waals surface area contributed by atoms with Crippen molar-refractivity contribution in [1.29, 1.82) is 0 Å². The van der Waals surface area contributed by atoms with Gasteiger partial charge in [-0.15, -0.1) is 0 Å². The van der Waals surface area contributed by atoms with Crippen molar-refractivity contribution in [1.82, 2.24) is 14.3 Å². The van der Waals surface area contributed by atoms with Crippen molar-refractivity contribution in [2.45, 2.75) is 25.8 Å². The van der Waals surface area contributed by atoms with Crippen LogP contribution in [0, 0.1) is 16.0 Å². The highest BCUT2D eigenvalue weighted by molar-refractivity contribution is 5.61. The number of piperidine rings is 1. The minimum atomic E-state index is -0.645. The van der Waals surface area contributed by atoms with E-state index in [1.165, 1.54) is 10.6 Å². The third-order valence-electron chi connectivity index (χ3n) is 5.27. The predicted octanol–water partition coefficient (Wildman–Crippen LogP) is 1.77. The molecular formula is C17H23N5O3. The maximum Gasteiger partial charge on any atom is 0.376 e. The van der Waals surface area contributed by atoms with Crippen molar-refractivity contribution in [3.05, 3.63) is 44.9 Å². The van der Waals surface area contributed by atoms with Gasteiger partial charge in [-0.1, -0.05) is 6.07 Å². The number of pyridine rings is 1. The Kier molecular flexibility index (Phi) is 4.71. The first-order valence-electron chi connectivity index (χ1n) is 8.47. The quantitative estimate of drug-likeness (QED) is 0.620. The molecule has 0 spiro atoms. The maximum atomic E-state index is 12.6. The van der Waals surface area contributed by atoms with Crippen LogP contribution in [-0.4, -0.2) is 52.4 Å². The predicted molar refractivity (Wildman–Crippen MR) is 96.2 cm³/mol. The number of hydrogen-bond donors (Lipinski definition) is 0. The first kappa shape index (κ1) is 17.3. The number of hydrogen-bond acceptors (Lipinski definition) is 6. The van der Waals surface area contributed by atoms with E-state index in [1.807, 2.05) is 6.92 Å². The molecule has 3 rings (SSSR count). The number of rotatable bonds is 4. The minimum Gasteiger partial charge on any atom is -0.351 e. The molecule has 0 radical (unpaired) electrons. The van der Waals surface area contributed by atoms with Gasteiger partial charge in [-0.25, -0.2) is 4.98 Å². The molecule has 0 bridgehead atoms. The fourth-order valence-electron chi connectivity index (χ4n) is 3.49. The zero-order chi connectivity index (χ0) is 18.1. The van der Waals surface area contributed by atoms with Crippen molar-refractivity contribution < 1.29 is 4.92 Å². The van der Waals surface area contributed by atoms with E-state index in [2.05, 4.69) is 16.9 Å². The molecule has 0 amide bonds. The van der Waals surface area contributed by atoms with Crippen molar-refractivity contribution in [2.75, 3.05) is 32.1 Å². The molecular weight excluding hydrogens is 322 g/mol. The van der Waals surface area contributed by atoms with Gasteiger partial charge in [-0.3, -0.25) is 19.3 Å². The summed E-state index contributed by atoms with van der Waals surface area (Å²) in [6.45, 7) is 4.08.